The van der Waals surface area contributed by atoms with Crippen molar-refractivity contribution in [3.63, 3.8) is 0 Å². The summed E-state index contributed by atoms with van der Waals surface area (Å²) in [6.07, 6.45) is 0.149. The number of carbonyl (C=O) groups excluding carboxylic acids is 2. The van der Waals surface area contributed by atoms with Gasteiger partial charge in [0.2, 0.25) is 11.8 Å². The largest absolute Gasteiger partial charge is 0.481 e. The van der Waals surface area contributed by atoms with Crippen LogP contribution in [0, 0.1) is 11.3 Å². The Bertz CT molecular complexity index is 321. The van der Waals surface area contributed by atoms with Crippen LogP contribution in [0.4, 0.5) is 0 Å². The van der Waals surface area contributed by atoms with Crippen LogP contribution in [0.5, 0.6) is 0 Å². The molecule has 0 aliphatic carbocycles. The van der Waals surface area contributed by atoms with Crippen molar-refractivity contribution in [3.05, 3.63) is 0 Å². The second-order valence-corrected chi connectivity index (χ2v) is 5.13. The monoisotopic (exact) mass is 258 g/mol. The van der Waals surface area contributed by atoms with Gasteiger partial charge in [-0.2, -0.15) is 0 Å². The molecule has 0 radical (unpaired) electrons. The third kappa shape index (κ3) is 5.65. The van der Waals surface area contributed by atoms with Gasteiger partial charge in [-0.3, -0.25) is 14.4 Å². The zero-order valence-corrected chi connectivity index (χ0v) is 11.4. The van der Waals surface area contributed by atoms with Crippen LogP contribution in [0.25, 0.3) is 0 Å². The summed E-state index contributed by atoms with van der Waals surface area (Å²) in [4.78, 5) is 33.9. The number of rotatable bonds is 6. The minimum atomic E-state index is -1.15. The van der Waals surface area contributed by atoms with Crippen LogP contribution in [0.3, 0.4) is 0 Å². The van der Waals surface area contributed by atoms with Crippen LogP contribution in [0.2, 0.25) is 0 Å². The van der Waals surface area contributed by atoms with Gasteiger partial charge in [0.25, 0.3) is 0 Å². The molecule has 0 aliphatic rings. The number of nitrogens with one attached hydrogen (secondary N) is 2. The lowest BCUT2D eigenvalue weighted by atomic mass is 9.80. The standard InChI is InChI=1S/C12H22N2O4/c1-5-13-8(15)6-7-14-10(16)9(11(17)18)12(2,3)4/h9H,5-7H2,1-4H3,(H,13,15)(H,14,16)(H,17,18). The van der Waals surface area contributed by atoms with Crippen LogP contribution < -0.4 is 10.6 Å². The lowest BCUT2D eigenvalue weighted by Gasteiger charge is -2.25. The minimum Gasteiger partial charge on any atom is -0.481 e. The van der Waals surface area contributed by atoms with Crippen LogP contribution in [-0.4, -0.2) is 36.0 Å². The van der Waals surface area contributed by atoms with Crippen molar-refractivity contribution >= 4 is 17.8 Å². The summed E-state index contributed by atoms with van der Waals surface area (Å²) in [5, 5.41) is 14.1. The van der Waals surface area contributed by atoms with E-state index >= 15 is 0 Å². The van der Waals surface area contributed by atoms with Gasteiger partial charge >= 0.3 is 5.97 Å². The first kappa shape index (κ1) is 16.4. The topological polar surface area (TPSA) is 95.5 Å². The Labute approximate surface area is 107 Å². The zero-order valence-electron chi connectivity index (χ0n) is 11.4. The molecule has 0 aliphatic heterocycles. The second-order valence-electron chi connectivity index (χ2n) is 5.13. The second kappa shape index (κ2) is 6.98. The van der Waals surface area contributed by atoms with E-state index in [0.717, 1.165) is 0 Å². The average Bonchev–Trinajstić information content (AvgIpc) is 2.14. The molecule has 0 bridgehead atoms. The molecule has 2 amide bonds. The lowest BCUT2D eigenvalue weighted by Crippen LogP contribution is -2.43. The Morgan fingerprint density at radius 2 is 1.72 bits per heavy atom. The minimum absolute atomic E-state index is 0.143. The summed E-state index contributed by atoms with van der Waals surface area (Å²) < 4.78 is 0. The van der Waals surface area contributed by atoms with Gasteiger partial charge in [-0.05, 0) is 12.3 Å². The maximum atomic E-state index is 11.7. The summed E-state index contributed by atoms with van der Waals surface area (Å²) >= 11 is 0. The molecular weight excluding hydrogens is 236 g/mol. The molecule has 0 saturated heterocycles. The molecule has 0 rings (SSSR count). The molecule has 0 aromatic heterocycles. The third-order valence-corrected chi connectivity index (χ3v) is 2.40. The summed E-state index contributed by atoms with van der Waals surface area (Å²) in [6.45, 7) is 7.55. The van der Waals surface area contributed by atoms with Crippen LogP contribution >= 0.6 is 0 Å². The summed E-state index contributed by atoms with van der Waals surface area (Å²) in [5.74, 6) is -3.00. The van der Waals surface area contributed by atoms with Gasteiger partial charge in [0.05, 0.1) is 0 Å². The van der Waals surface area contributed by atoms with Crippen molar-refractivity contribution in [2.45, 2.75) is 34.1 Å². The lowest BCUT2D eigenvalue weighted by molar-refractivity contribution is -0.151. The molecule has 104 valence electrons. The van der Waals surface area contributed by atoms with Crippen molar-refractivity contribution in [1.29, 1.82) is 0 Å². The smallest absolute Gasteiger partial charge is 0.316 e. The van der Waals surface area contributed by atoms with Gasteiger partial charge in [-0.15, -0.1) is 0 Å². The van der Waals surface area contributed by atoms with E-state index in [-0.39, 0.29) is 18.9 Å². The van der Waals surface area contributed by atoms with E-state index in [1.165, 1.54) is 0 Å². The van der Waals surface area contributed by atoms with Crippen LogP contribution in [0.1, 0.15) is 34.1 Å². The molecule has 0 aromatic rings. The molecule has 0 spiro atoms. The summed E-state index contributed by atoms with van der Waals surface area (Å²) in [5.41, 5.74) is -0.665. The van der Waals surface area contributed by atoms with Crippen molar-refractivity contribution in [2.75, 3.05) is 13.1 Å². The number of carboxylic acids is 1. The highest BCUT2D eigenvalue weighted by atomic mass is 16.4. The molecule has 1 unspecified atom stereocenters. The highest BCUT2D eigenvalue weighted by Crippen LogP contribution is 2.26. The molecule has 0 aromatic carbocycles. The molecule has 6 heteroatoms. The summed E-state index contributed by atoms with van der Waals surface area (Å²) in [7, 11) is 0. The third-order valence-electron chi connectivity index (χ3n) is 2.40. The van der Waals surface area contributed by atoms with E-state index in [0.29, 0.717) is 6.54 Å². The SMILES string of the molecule is CCNC(=O)CCNC(=O)C(C(=O)O)C(C)(C)C. The van der Waals surface area contributed by atoms with Gasteiger partial charge in [0.15, 0.2) is 0 Å². The fourth-order valence-corrected chi connectivity index (χ4v) is 1.56. The number of hydrogen-bond acceptors (Lipinski definition) is 3. The molecule has 0 heterocycles. The molecule has 6 nitrogen and oxygen atoms in total. The first-order valence-electron chi connectivity index (χ1n) is 5.97. The number of carboxylic acid groups (broad SMARTS) is 1. The molecular formula is C12H22N2O4. The Balaban J connectivity index is 4.30. The van der Waals surface area contributed by atoms with E-state index in [1.54, 1.807) is 27.7 Å². The fourth-order valence-electron chi connectivity index (χ4n) is 1.56. The Morgan fingerprint density at radius 1 is 1.17 bits per heavy atom. The number of carbonyl (C=O) groups is 3. The fraction of sp³-hybridized carbons (Fsp3) is 0.750. The van der Waals surface area contributed by atoms with Gasteiger partial charge < -0.3 is 15.7 Å². The first-order valence-corrected chi connectivity index (χ1v) is 5.97. The van der Waals surface area contributed by atoms with Gasteiger partial charge in [0, 0.05) is 19.5 Å². The van der Waals surface area contributed by atoms with E-state index < -0.39 is 23.2 Å². The quantitative estimate of drug-likeness (QED) is 0.600. The number of amides is 2. The normalized spacial score (nSPS) is 12.7. The molecule has 0 fully saturated rings. The van der Waals surface area contributed by atoms with E-state index in [1.807, 2.05) is 0 Å². The Morgan fingerprint density at radius 3 is 2.11 bits per heavy atom. The predicted molar refractivity (Wildman–Crippen MR) is 66.9 cm³/mol. The van der Waals surface area contributed by atoms with E-state index in [4.69, 9.17) is 5.11 Å². The van der Waals surface area contributed by atoms with Crippen LogP contribution in [0.15, 0.2) is 0 Å². The van der Waals surface area contributed by atoms with Crippen molar-refractivity contribution < 1.29 is 19.5 Å². The molecule has 18 heavy (non-hydrogen) atoms. The Kier molecular flexibility index (Phi) is 6.36. The number of hydrogen-bond donors (Lipinski definition) is 3. The van der Waals surface area contributed by atoms with Gasteiger partial charge in [-0.25, -0.2) is 0 Å². The zero-order chi connectivity index (χ0) is 14.3. The van der Waals surface area contributed by atoms with E-state index in [9.17, 15) is 14.4 Å². The molecule has 3 N–H and O–H groups in total. The predicted octanol–water partition coefficient (Wildman–Crippen LogP) is 0.376. The van der Waals surface area contributed by atoms with Gasteiger partial charge in [-0.1, -0.05) is 20.8 Å². The highest BCUT2D eigenvalue weighted by molar-refractivity contribution is 5.97. The van der Waals surface area contributed by atoms with Crippen molar-refractivity contribution in [2.24, 2.45) is 11.3 Å². The van der Waals surface area contributed by atoms with Crippen LogP contribution in [-0.2, 0) is 14.4 Å². The maximum absolute atomic E-state index is 11.7. The molecule has 1 atom stereocenters. The summed E-state index contributed by atoms with van der Waals surface area (Å²) in [6, 6.07) is 0. The van der Waals surface area contributed by atoms with Gasteiger partial charge in [0.1, 0.15) is 5.92 Å². The number of aliphatic carboxylic acids is 1. The van der Waals surface area contributed by atoms with Crippen molar-refractivity contribution in [3.8, 4) is 0 Å². The molecule has 0 saturated carbocycles. The Hall–Kier alpha value is -1.59. The highest BCUT2D eigenvalue weighted by Gasteiger charge is 2.37. The van der Waals surface area contributed by atoms with E-state index in [2.05, 4.69) is 10.6 Å². The van der Waals surface area contributed by atoms with Crippen molar-refractivity contribution in [1.82, 2.24) is 10.6 Å². The maximum Gasteiger partial charge on any atom is 0.316 e. The average molecular weight is 258 g/mol. The first-order chi connectivity index (χ1) is 8.20.